The van der Waals surface area contributed by atoms with Gasteiger partial charge in [-0.15, -0.1) is 0 Å². The van der Waals surface area contributed by atoms with Crippen molar-refractivity contribution in [3.8, 4) is 5.75 Å². The second kappa shape index (κ2) is 8.29. The Morgan fingerprint density at radius 2 is 1.56 bits per heavy atom. The molecule has 1 amide bonds. The highest BCUT2D eigenvalue weighted by Crippen LogP contribution is 2.45. The number of benzene rings is 3. The van der Waals surface area contributed by atoms with Gasteiger partial charge in [0, 0.05) is 10.7 Å². The van der Waals surface area contributed by atoms with Crippen molar-refractivity contribution in [2.24, 2.45) is 0 Å². The first-order valence-corrected chi connectivity index (χ1v) is 11.3. The SMILES string of the molecule is COc1ccc(N2C(=O)C(O)=C(S(=O)(=O)c3ccc(Cl)cc3)[C@H]2c2ccc(F)cc2)cc1. The van der Waals surface area contributed by atoms with Crippen molar-refractivity contribution in [2.75, 3.05) is 12.0 Å². The van der Waals surface area contributed by atoms with E-state index < -0.39 is 38.3 Å². The Balaban J connectivity index is 1.91. The van der Waals surface area contributed by atoms with Gasteiger partial charge in [0.05, 0.1) is 12.0 Å². The zero-order valence-electron chi connectivity index (χ0n) is 16.7. The van der Waals surface area contributed by atoms with Crippen LogP contribution in [0.1, 0.15) is 11.6 Å². The van der Waals surface area contributed by atoms with E-state index in [1.807, 2.05) is 0 Å². The van der Waals surface area contributed by atoms with Gasteiger partial charge in [-0.25, -0.2) is 12.8 Å². The molecule has 3 aromatic carbocycles. The Bertz CT molecular complexity index is 1300. The fraction of sp³-hybridized carbons (Fsp3) is 0.0870. The molecule has 0 bridgehead atoms. The second-order valence-electron chi connectivity index (χ2n) is 7.00. The van der Waals surface area contributed by atoms with E-state index in [1.165, 1.54) is 43.5 Å². The zero-order valence-corrected chi connectivity index (χ0v) is 18.3. The average molecular weight is 474 g/mol. The van der Waals surface area contributed by atoms with Crippen LogP contribution in [-0.2, 0) is 14.6 Å². The van der Waals surface area contributed by atoms with E-state index in [0.717, 1.165) is 17.0 Å². The van der Waals surface area contributed by atoms with Crippen molar-refractivity contribution in [1.82, 2.24) is 0 Å². The van der Waals surface area contributed by atoms with Crippen molar-refractivity contribution in [1.29, 1.82) is 0 Å². The van der Waals surface area contributed by atoms with Crippen LogP contribution < -0.4 is 9.64 Å². The highest BCUT2D eigenvalue weighted by molar-refractivity contribution is 7.95. The summed E-state index contributed by atoms with van der Waals surface area (Å²) in [7, 11) is -2.82. The smallest absolute Gasteiger partial charge is 0.295 e. The maximum absolute atomic E-state index is 13.6. The molecule has 0 saturated carbocycles. The Hall–Kier alpha value is -3.36. The Kier molecular flexibility index (Phi) is 5.66. The van der Waals surface area contributed by atoms with Crippen LogP contribution in [-0.4, -0.2) is 26.5 Å². The second-order valence-corrected chi connectivity index (χ2v) is 9.35. The Labute approximate surface area is 189 Å². The molecule has 1 atom stereocenters. The standard InChI is InChI=1S/C23H17ClFNO5S/c1-31-18-10-8-17(9-11-18)26-20(14-2-6-16(25)7-3-14)22(21(27)23(26)28)32(29,30)19-12-4-15(24)5-13-19/h2-13,20,27H,1H3/t20-/m1/s1. The van der Waals surface area contributed by atoms with E-state index in [4.69, 9.17) is 16.3 Å². The summed E-state index contributed by atoms with van der Waals surface area (Å²) in [6, 6.07) is 15.6. The highest BCUT2D eigenvalue weighted by atomic mass is 35.5. The third-order valence-electron chi connectivity index (χ3n) is 5.11. The van der Waals surface area contributed by atoms with Gasteiger partial charge in [0.2, 0.25) is 9.84 Å². The number of aliphatic hydroxyl groups is 1. The topological polar surface area (TPSA) is 83.9 Å². The minimum absolute atomic E-state index is 0.139. The molecule has 1 N–H and O–H groups in total. The third-order valence-corrected chi connectivity index (χ3v) is 7.25. The van der Waals surface area contributed by atoms with E-state index in [0.29, 0.717) is 22.0 Å². The molecule has 3 aromatic rings. The number of anilines is 1. The molecular weight excluding hydrogens is 457 g/mol. The number of hydrogen-bond acceptors (Lipinski definition) is 5. The number of methoxy groups -OCH3 is 1. The summed E-state index contributed by atoms with van der Waals surface area (Å²) in [6.07, 6.45) is 0. The van der Waals surface area contributed by atoms with Gasteiger partial charge in [0.1, 0.15) is 22.5 Å². The molecule has 164 valence electrons. The lowest BCUT2D eigenvalue weighted by Crippen LogP contribution is -2.31. The maximum atomic E-state index is 13.6. The first kappa shape index (κ1) is 21.9. The number of halogens is 2. The Morgan fingerprint density at radius 3 is 2.12 bits per heavy atom. The van der Waals surface area contributed by atoms with Crippen LogP contribution in [0, 0.1) is 5.82 Å². The van der Waals surface area contributed by atoms with Gasteiger partial charge in [0.25, 0.3) is 5.91 Å². The molecule has 0 saturated heterocycles. The maximum Gasteiger partial charge on any atom is 0.295 e. The van der Waals surface area contributed by atoms with Crippen LogP contribution in [0.15, 0.2) is 88.4 Å². The number of amides is 1. The minimum atomic E-state index is -4.31. The summed E-state index contributed by atoms with van der Waals surface area (Å²) in [6.45, 7) is 0. The predicted octanol–water partition coefficient (Wildman–Crippen LogP) is 4.82. The normalized spacial score (nSPS) is 16.5. The number of hydrogen-bond donors (Lipinski definition) is 1. The van der Waals surface area contributed by atoms with Gasteiger partial charge in [0.15, 0.2) is 5.76 Å². The van der Waals surface area contributed by atoms with E-state index >= 15 is 0 Å². The van der Waals surface area contributed by atoms with Gasteiger partial charge >= 0.3 is 0 Å². The van der Waals surface area contributed by atoms with Crippen molar-refractivity contribution in [3.63, 3.8) is 0 Å². The lowest BCUT2D eigenvalue weighted by Gasteiger charge is -2.27. The van der Waals surface area contributed by atoms with Crippen LogP contribution in [0.4, 0.5) is 10.1 Å². The fourth-order valence-electron chi connectivity index (χ4n) is 3.55. The van der Waals surface area contributed by atoms with E-state index in [9.17, 15) is 22.7 Å². The summed E-state index contributed by atoms with van der Waals surface area (Å²) in [5.41, 5.74) is 0.644. The minimum Gasteiger partial charge on any atom is -0.502 e. The van der Waals surface area contributed by atoms with Crippen molar-refractivity contribution in [3.05, 3.63) is 99.9 Å². The van der Waals surface area contributed by atoms with E-state index in [2.05, 4.69) is 0 Å². The first-order valence-electron chi connectivity index (χ1n) is 9.41. The van der Waals surface area contributed by atoms with Crippen molar-refractivity contribution >= 4 is 33.0 Å². The van der Waals surface area contributed by atoms with Crippen LogP contribution in [0.5, 0.6) is 5.75 Å². The number of aliphatic hydroxyl groups excluding tert-OH is 1. The highest BCUT2D eigenvalue weighted by Gasteiger charge is 2.47. The van der Waals surface area contributed by atoms with E-state index in [1.54, 1.807) is 24.3 Å². The molecule has 6 nitrogen and oxygen atoms in total. The fourth-order valence-corrected chi connectivity index (χ4v) is 5.30. The molecule has 1 heterocycles. The molecular formula is C23H17ClFNO5S. The lowest BCUT2D eigenvalue weighted by atomic mass is 10.1. The van der Waals surface area contributed by atoms with Crippen LogP contribution >= 0.6 is 11.6 Å². The molecule has 0 radical (unpaired) electrons. The number of sulfone groups is 1. The number of nitrogens with zero attached hydrogens (tertiary/aromatic N) is 1. The van der Waals surface area contributed by atoms with Gasteiger partial charge in [-0.2, -0.15) is 0 Å². The quantitative estimate of drug-likeness (QED) is 0.574. The molecule has 0 spiro atoms. The number of carbonyl (C=O) groups is 1. The lowest BCUT2D eigenvalue weighted by molar-refractivity contribution is -0.117. The first-order chi connectivity index (χ1) is 15.2. The average Bonchev–Trinajstić information content (AvgIpc) is 3.06. The molecule has 0 aliphatic carbocycles. The summed E-state index contributed by atoms with van der Waals surface area (Å²) < 4.78 is 45.7. The van der Waals surface area contributed by atoms with Gasteiger partial charge in [-0.05, 0) is 66.2 Å². The Morgan fingerprint density at radius 1 is 0.969 bits per heavy atom. The number of carbonyl (C=O) groups excluding carboxylic acids is 1. The number of rotatable bonds is 5. The zero-order chi connectivity index (χ0) is 23.0. The molecule has 1 aliphatic heterocycles. The molecule has 32 heavy (non-hydrogen) atoms. The molecule has 0 fully saturated rings. The monoisotopic (exact) mass is 473 g/mol. The van der Waals surface area contributed by atoms with Crippen LogP contribution in [0.25, 0.3) is 0 Å². The predicted molar refractivity (Wildman–Crippen MR) is 118 cm³/mol. The van der Waals surface area contributed by atoms with Crippen LogP contribution in [0.2, 0.25) is 5.02 Å². The van der Waals surface area contributed by atoms with Gasteiger partial charge in [-0.1, -0.05) is 23.7 Å². The molecule has 0 unspecified atom stereocenters. The van der Waals surface area contributed by atoms with E-state index in [-0.39, 0.29) is 4.90 Å². The molecule has 1 aliphatic rings. The summed E-state index contributed by atoms with van der Waals surface area (Å²) in [5, 5.41) is 11.0. The van der Waals surface area contributed by atoms with Crippen molar-refractivity contribution in [2.45, 2.75) is 10.9 Å². The van der Waals surface area contributed by atoms with Gasteiger partial charge < -0.3 is 9.84 Å². The third kappa shape index (κ3) is 3.72. The van der Waals surface area contributed by atoms with Gasteiger partial charge in [-0.3, -0.25) is 9.69 Å². The summed E-state index contributed by atoms with van der Waals surface area (Å²) in [4.78, 5) is 13.6. The molecule has 4 rings (SSSR count). The summed E-state index contributed by atoms with van der Waals surface area (Å²) >= 11 is 5.88. The number of ether oxygens (including phenoxy) is 1. The van der Waals surface area contributed by atoms with Crippen LogP contribution in [0.3, 0.4) is 0 Å². The molecule has 0 aromatic heterocycles. The largest absolute Gasteiger partial charge is 0.502 e. The summed E-state index contributed by atoms with van der Waals surface area (Å²) in [5.74, 6) is -1.78. The molecule has 9 heteroatoms. The van der Waals surface area contributed by atoms with Crippen molar-refractivity contribution < 1.29 is 27.4 Å².